The fraction of sp³-hybridized carbons (Fsp3) is 0.385. The van der Waals surface area contributed by atoms with Crippen LogP contribution < -0.4 is 0 Å². The molecular weight excluding hydrogens is 523 g/mol. The first-order valence-electron chi connectivity index (χ1n) is 12.0. The highest BCUT2D eigenvalue weighted by Gasteiger charge is 2.35. The fourth-order valence-corrected chi connectivity index (χ4v) is 6.35. The average molecular weight is 552 g/mol. The number of aryl methyl sites for hydroxylation is 1. The number of ether oxygens (including phenoxy) is 1. The Bertz CT molecular complexity index is 1390. The van der Waals surface area contributed by atoms with Crippen LogP contribution in [0.5, 0.6) is 0 Å². The number of para-hydroxylation sites is 1. The Kier molecular flexibility index (Phi) is 8.36. The Morgan fingerprint density at radius 2 is 1.87 bits per heavy atom. The van der Waals surface area contributed by atoms with E-state index in [1.54, 1.807) is 0 Å². The Labute approximate surface area is 218 Å². The minimum absolute atomic E-state index is 0.0228. The highest BCUT2D eigenvalue weighted by molar-refractivity contribution is 7.89. The van der Waals surface area contributed by atoms with Crippen LogP contribution in [-0.2, 0) is 32.3 Å². The number of hydrogen-bond acceptors (Lipinski definition) is 6. The van der Waals surface area contributed by atoms with E-state index in [2.05, 4.69) is 4.98 Å². The molecule has 2 heterocycles. The number of sulfonamides is 1. The molecule has 1 amide bonds. The maximum Gasteiger partial charge on any atom is 0.416 e. The SMILES string of the molecule is Cc1cc(COC2CCN(S(=O)(=O)CC(c3cccc(C(F)(F)F)c3)N(O)C=O)CC2)c2ccccc2n1. The second kappa shape index (κ2) is 11.4. The van der Waals surface area contributed by atoms with Gasteiger partial charge in [0.25, 0.3) is 0 Å². The number of pyridine rings is 1. The number of rotatable bonds is 9. The van der Waals surface area contributed by atoms with Gasteiger partial charge in [0.05, 0.1) is 35.6 Å². The van der Waals surface area contributed by atoms with Crippen molar-refractivity contribution in [2.24, 2.45) is 0 Å². The first-order chi connectivity index (χ1) is 18.0. The van der Waals surface area contributed by atoms with Crippen molar-refractivity contribution in [2.75, 3.05) is 18.8 Å². The second-order valence-electron chi connectivity index (χ2n) is 9.25. The van der Waals surface area contributed by atoms with E-state index in [1.807, 2.05) is 37.3 Å². The number of amides is 1. The van der Waals surface area contributed by atoms with Crippen molar-refractivity contribution in [3.63, 3.8) is 0 Å². The molecule has 1 fully saturated rings. The second-order valence-corrected chi connectivity index (χ2v) is 11.3. The van der Waals surface area contributed by atoms with Crippen LogP contribution in [0.4, 0.5) is 13.2 Å². The molecule has 12 heteroatoms. The quantitative estimate of drug-likeness (QED) is 0.240. The molecule has 1 atom stereocenters. The molecule has 1 aromatic heterocycles. The van der Waals surface area contributed by atoms with Crippen molar-refractivity contribution < 1.29 is 36.3 Å². The summed E-state index contributed by atoms with van der Waals surface area (Å²) in [5, 5.41) is 11.1. The van der Waals surface area contributed by atoms with Gasteiger partial charge in [-0.25, -0.2) is 17.8 Å². The molecule has 1 unspecified atom stereocenters. The lowest BCUT2D eigenvalue weighted by molar-refractivity contribution is -0.159. The van der Waals surface area contributed by atoms with E-state index < -0.39 is 33.6 Å². The number of nitrogens with zero attached hydrogens (tertiary/aromatic N) is 3. The van der Waals surface area contributed by atoms with Crippen LogP contribution in [0.3, 0.4) is 0 Å². The van der Waals surface area contributed by atoms with Crippen LogP contribution in [0.2, 0.25) is 0 Å². The third-order valence-corrected chi connectivity index (χ3v) is 8.48. The third-order valence-electron chi connectivity index (χ3n) is 6.59. The molecule has 3 aromatic rings. The number of carbonyl (C=O) groups excluding carboxylic acids is 1. The van der Waals surface area contributed by atoms with E-state index in [1.165, 1.54) is 10.4 Å². The van der Waals surface area contributed by atoms with Gasteiger partial charge in [-0.05, 0) is 55.2 Å². The lowest BCUT2D eigenvalue weighted by Crippen LogP contribution is -2.44. The third kappa shape index (κ3) is 6.49. The Morgan fingerprint density at radius 1 is 1.16 bits per heavy atom. The molecule has 0 saturated carbocycles. The van der Waals surface area contributed by atoms with E-state index in [-0.39, 0.29) is 36.2 Å². The molecule has 1 aliphatic rings. The van der Waals surface area contributed by atoms with Gasteiger partial charge in [-0.1, -0.05) is 30.3 Å². The van der Waals surface area contributed by atoms with Crippen molar-refractivity contribution in [3.8, 4) is 0 Å². The molecule has 204 valence electrons. The van der Waals surface area contributed by atoms with Gasteiger partial charge in [-0.15, -0.1) is 0 Å². The molecule has 0 radical (unpaired) electrons. The van der Waals surface area contributed by atoms with E-state index >= 15 is 0 Å². The average Bonchev–Trinajstić information content (AvgIpc) is 2.89. The number of benzene rings is 2. The van der Waals surface area contributed by atoms with Gasteiger partial charge in [0.2, 0.25) is 16.4 Å². The van der Waals surface area contributed by atoms with Gasteiger partial charge < -0.3 is 4.74 Å². The number of aromatic nitrogens is 1. The minimum atomic E-state index is -4.66. The van der Waals surface area contributed by atoms with Crippen molar-refractivity contribution in [1.29, 1.82) is 0 Å². The predicted octanol–water partition coefficient (Wildman–Crippen LogP) is 4.46. The van der Waals surface area contributed by atoms with Crippen molar-refractivity contribution >= 4 is 27.3 Å². The van der Waals surface area contributed by atoms with Gasteiger partial charge in [-0.3, -0.25) is 15.0 Å². The Balaban J connectivity index is 1.41. The van der Waals surface area contributed by atoms with Crippen LogP contribution in [0.25, 0.3) is 10.9 Å². The van der Waals surface area contributed by atoms with Gasteiger partial charge >= 0.3 is 6.18 Å². The summed E-state index contributed by atoms with van der Waals surface area (Å²) in [6.07, 6.45) is -4.02. The highest BCUT2D eigenvalue weighted by atomic mass is 32.2. The maximum atomic E-state index is 13.2. The van der Waals surface area contributed by atoms with Crippen LogP contribution in [0.15, 0.2) is 54.6 Å². The molecular formula is C26H28F3N3O5S. The molecule has 4 rings (SSSR count). The van der Waals surface area contributed by atoms with Crippen molar-refractivity contribution in [2.45, 2.75) is 44.7 Å². The van der Waals surface area contributed by atoms with Crippen molar-refractivity contribution in [1.82, 2.24) is 14.4 Å². The molecule has 0 bridgehead atoms. The first-order valence-corrected chi connectivity index (χ1v) is 13.6. The highest BCUT2D eigenvalue weighted by Crippen LogP contribution is 2.32. The smallest absolute Gasteiger partial charge is 0.373 e. The topological polar surface area (TPSA) is 100 Å². The predicted molar refractivity (Wildman–Crippen MR) is 134 cm³/mol. The number of carbonyl (C=O) groups is 1. The number of halogens is 3. The fourth-order valence-electron chi connectivity index (χ4n) is 4.62. The largest absolute Gasteiger partial charge is 0.416 e. The molecule has 1 N–H and O–H groups in total. The lowest BCUT2D eigenvalue weighted by atomic mass is 10.0. The minimum Gasteiger partial charge on any atom is -0.373 e. The first kappa shape index (κ1) is 28.0. The standard InChI is InChI=1S/C26H28F3N3O5S/c1-18-13-20(23-7-2-3-8-24(23)30-18)15-37-22-9-11-31(12-10-22)38(35,36)16-25(32(34)17-33)19-5-4-6-21(14-19)26(27,28)29/h2-8,13-14,17,22,25,34H,9-12,15-16H2,1H3. The van der Waals surface area contributed by atoms with Crippen LogP contribution in [0.1, 0.15) is 41.3 Å². The number of alkyl halides is 3. The van der Waals surface area contributed by atoms with Gasteiger partial charge in [0.15, 0.2) is 0 Å². The van der Waals surface area contributed by atoms with Gasteiger partial charge in [0.1, 0.15) is 0 Å². The summed E-state index contributed by atoms with van der Waals surface area (Å²) < 4.78 is 73.1. The summed E-state index contributed by atoms with van der Waals surface area (Å²) in [6.45, 7) is 2.54. The Hall–Kier alpha value is -3.06. The van der Waals surface area contributed by atoms with Gasteiger partial charge in [-0.2, -0.15) is 13.2 Å². The summed E-state index contributed by atoms with van der Waals surface area (Å²) in [6, 6.07) is 12.1. The monoisotopic (exact) mass is 551 g/mol. The van der Waals surface area contributed by atoms with E-state index in [0.29, 0.717) is 19.4 Å². The van der Waals surface area contributed by atoms with E-state index in [0.717, 1.165) is 40.4 Å². The van der Waals surface area contributed by atoms with E-state index in [9.17, 15) is 31.6 Å². The zero-order chi connectivity index (χ0) is 27.5. The van der Waals surface area contributed by atoms with Crippen molar-refractivity contribution in [3.05, 3.63) is 77.0 Å². The van der Waals surface area contributed by atoms with E-state index in [4.69, 9.17) is 4.74 Å². The lowest BCUT2D eigenvalue weighted by Gasteiger charge is -2.33. The summed E-state index contributed by atoms with van der Waals surface area (Å²) in [5.41, 5.74) is 1.58. The molecule has 1 aliphatic heterocycles. The zero-order valence-corrected chi connectivity index (χ0v) is 21.5. The molecule has 38 heavy (non-hydrogen) atoms. The van der Waals surface area contributed by atoms with Gasteiger partial charge in [0, 0.05) is 24.2 Å². The Morgan fingerprint density at radius 3 is 2.55 bits per heavy atom. The number of hydrogen-bond donors (Lipinski definition) is 1. The number of fused-ring (bicyclic) bond motifs is 1. The molecule has 0 spiro atoms. The summed E-state index contributed by atoms with van der Waals surface area (Å²) in [5.74, 6) is -0.767. The molecule has 2 aromatic carbocycles. The number of piperidine rings is 1. The zero-order valence-electron chi connectivity index (χ0n) is 20.6. The maximum absolute atomic E-state index is 13.2. The summed E-state index contributed by atoms with van der Waals surface area (Å²) in [7, 11) is -4.03. The van der Waals surface area contributed by atoms with Crippen LogP contribution in [-0.4, -0.2) is 59.3 Å². The van der Waals surface area contributed by atoms with Crippen LogP contribution in [0, 0.1) is 6.92 Å². The number of hydroxylamine groups is 2. The summed E-state index contributed by atoms with van der Waals surface area (Å²) in [4.78, 5) is 15.7. The van der Waals surface area contributed by atoms with Crippen LogP contribution >= 0.6 is 0 Å². The molecule has 0 aliphatic carbocycles. The molecule has 8 nitrogen and oxygen atoms in total. The molecule has 1 saturated heterocycles. The normalized spacial score (nSPS) is 16.4. The summed E-state index contributed by atoms with van der Waals surface area (Å²) >= 11 is 0.